The summed E-state index contributed by atoms with van der Waals surface area (Å²) in [6, 6.07) is 5.51. The van der Waals surface area contributed by atoms with Gasteiger partial charge < -0.3 is 20.3 Å². The number of amides is 1. The summed E-state index contributed by atoms with van der Waals surface area (Å²) in [4.78, 5) is 22.0. The number of hydrogen-bond donors (Lipinski definition) is 2. The average molecular weight is 502 g/mol. The Morgan fingerprint density at radius 2 is 1.91 bits per heavy atom. The van der Waals surface area contributed by atoms with Gasteiger partial charge in [-0.2, -0.15) is 26.7 Å². The molecule has 1 aliphatic heterocycles. The number of rotatable bonds is 5. The van der Waals surface area contributed by atoms with Crippen molar-refractivity contribution >= 4 is 36.6 Å². The van der Waals surface area contributed by atoms with Crippen molar-refractivity contribution in [3.8, 4) is 5.88 Å². The van der Waals surface area contributed by atoms with E-state index in [2.05, 4.69) is 20.6 Å². The summed E-state index contributed by atoms with van der Waals surface area (Å²) >= 11 is 0. The van der Waals surface area contributed by atoms with Crippen LogP contribution in [0.1, 0.15) is 46.0 Å². The molecular formula is C23H34F3N5O2S. The Morgan fingerprint density at radius 3 is 2.56 bits per heavy atom. The number of alkyl halides is 3. The number of nitrogens with one attached hydrogen (secondary N) is 2. The SMILES string of the molecule is C.C.Cc1nc(NC2CC(COc3cccc(C(F)(F)F)n3)C2)cc2c1NC(=O)[C@H](C)N2C.S. The summed E-state index contributed by atoms with van der Waals surface area (Å²) in [6.45, 7) is 4.01. The molecule has 1 fully saturated rings. The minimum Gasteiger partial charge on any atom is -0.477 e. The minimum absolute atomic E-state index is 0. The maximum Gasteiger partial charge on any atom is 0.433 e. The third kappa shape index (κ3) is 6.05. The number of aryl methyl sites for hydroxylation is 1. The Morgan fingerprint density at radius 1 is 1.24 bits per heavy atom. The quantitative estimate of drug-likeness (QED) is 0.584. The van der Waals surface area contributed by atoms with Crippen LogP contribution >= 0.6 is 13.5 Å². The molecular weight excluding hydrogens is 467 g/mol. The van der Waals surface area contributed by atoms with Crippen LogP contribution in [0.3, 0.4) is 0 Å². The topological polar surface area (TPSA) is 79.4 Å². The molecule has 2 N–H and O–H groups in total. The van der Waals surface area contributed by atoms with E-state index in [-0.39, 0.29) is 58.1 Å². The first-order valence-electron chi connectivity index (χ1n) is 10.1. The van der Waals surface area contributed by atoms with Crippen molar-refractivity contribution in [3.63, 3.8) is 0 Å². The summed E-state index contributed by atoms with van der Waals surface area (Å²) in [7, 11) is 1.88. The lowest BCUT2D eigenvalue weighted by atomic mass is 9.81. The zero-order chi connectivity index (χ0) is 22.3. The highest BCUT2D eigenvalue weighted by Crippen LogP contribution is 2.37. The molecule has 1 saturated carbocycles. The number of fused-ring (bicyclic) bond motifs is 1. The number of hydrogen-bond acceptors (Lipinski definition) is 6. The molecule has 11 heteroatoms. The van der Waals surface area contributed by atoms with Crippen LogP contribution in [0.15, 0.2) is 24.3 Å². The fraction of sp³-hybridized carbons (Fsp3) is 0.522. The van der Waals surface area contributed by atoms with Gasteiger partial charge in [0.15, 0.2) is 0 Å². The zero-order valence-corrected chi connectivity index (χ0v) is 19.0. The highest BCUT2D eigenvalue weighted by molar-refractivity contribution is 7.59. The van der Waals surface area contributed by atoms with E-state index in [9.17, 15) is 18.0 Å². The van der Waals surface area contributed by atoms with E-state index in [1.54, 1.807) is 0 Å². The number of ether oxygens (including phenoxy) is 1. The third-order valence-corrected chi connectivity index (χ3v) is 5.84. The van der Waals surface area contributed by atoms with E-state index in [1.807, 2.05) is 31.9 Å². The first kappa shape index (κ1) is 29.3. The van der Waals surface area contributed by atoms with Crippen molar-refractivity contribution in [2.75, 3.05) is 29.2 Å². The van der Waals surface area contributed by atoms with E-state index in [4.69, 9.17) is 4.74 Å². The van der Waals surface area contributed by atoms with E-state index in [0.29, 0.717) is 6.61 Å². The van der Waals surface area contributed by atoms with Gasteiger partial charge in [0.05, 0.1) is 23.7 Å². The van der Waals surface area contributed by atoms with Crippen LogP contribution in [0, 0.1) is 12.8 Å². The van der Waals surface area contributed by atoms with Crippen molar-refractivity contribution in [2.45, 2.75) is 59.8 Å². The third-order valence-electron chi connectivity index (χ3n) is 5.84. The number of carbonyl (C=O) groups is 1. The summed E-state index contributed by atoms with van der Waals surface area (Å²) in [5, 5.41) is 6.31. The molecule has 190 valence electrons. The van der Waals surface area contributed by atoms with Gasteiger partial charge in [-0.1, -0.05) is 20.9 Å². The second-order valence-corrected chi connectivity index (χ2v) is 8.11. The highest BCUT2D eigenvalue weighted by Gasteiger charge is 2.34. The number of carbonyl (C=O) groups excluding carboxylic acids is 1. The summed E-state index contributed by atoms with van der Waals surface area (Å²) < 4.78 is 43.7. The first-order chi connectivity index (χ1) is 14.6. The molecule has 34 heavy (non-hydrogen) atoms. The van der Waals surface area contributed by atoms with E-state index in [1.165, 1.54) is 12.1 Å². The Kier molecular flexibility index (Phi) is 9.63. The average Bonchev–Trinajstić information content (AvgIpc) is 2.68. The summed E-state index contributed by atoms with van der Waals surface area (Å²) in [6.07, 6.45) is -2.85. The van der Waals surface area contributed by atoms with Crippen LogP contribution in [0.2, 0.25) is 0 Å². The fourth-order valence-electron chi connectivity index (χ4n) is 3.83. The van der Waals surface area contributed by atoms with Crippen molar-refractivity contribution in [2.24, 2.45) is 5.92 Å². The number of likely N-dealkylation sites (N-methyl/N-ethyl adjacent to an activating group) is 1. The van der Waals surface area contributed by atoms with Gasteiger partial charge in [0.2, 0.25) is 11.8 Å². The van der Waals surface area contributed by atoms with Crippen LogP contribution in [0.25, 0.3) is 0 Å². The molecule has 2 aromatic rings. The molecule has 3 heterocycles. The highest BCUT2D eigenvalue weighted by atomic mass is 32.1. The molecule has 0 aromatic carbocycles. The lowest BCUT2D eigenvalue weighted by Crippen LogP contribution is -2.44. The van der Waals surface area contributed by atoms with Crippen LogP contribution in [0.5, 0.6) is 5.88 Å². The first-order valence-corrected chi connectivity index (χ1v) is 10.1. The van der Waals surface area contributed by atoms with Crippen molar-refractivity contribution in [3.05, 3.63) is 35.7 Å². The molecule has 2 aliphatic rings. The summed E-state index contributed by atoms with van der Waals surface area (Å²) in [5.41, 5.74) is 1.42. The Hall–Kier alpha value is -2.69. The second-order valence-electron chi connectivity index (χ2n) is 8.11. The van der Waals surface area contributed by atoms with E-state index >= 15 is 0 Å². The largest absolute Gasteiger partial charge is 0.477 e. The van der Waals surface area contributed by atoms with Gasteiger partial charge in [0.1, 0.15) is 17.6 Å². The number of pyridine rings is 2. The molecule has 2 aromatic heterocycles. The molecule has 1 atom stereocenters. The molecule has 1 aliphatic carbocycles. The lowest BCUT2D eigenvalue weighted by molar-refractivity contribution is -0.141. The van der Waals surface area contributed by atoms with Crippen molar-refractivity contribution in [1.29, 1.82) is 0 Å². The van der Waals surface area contributed by atoms with Crippen LogP contribution < -0.4 is 20.3 Å². The monoisotopic (exact) mass is 501 g/mol. The molecule has 1 amide bonds. The molecule has 0 bridgehead atoms. The maximum atomic E-state index is 12.7. The Bertz CT molecular complexity index is 999. The van der Waals surface area contributed by atoms with Gasteiger partial charge >= 0.3 is 6.18 Å². The normalized spacial score (nSPS) is 20.9. The lowest BCUT2D eigenvalue weighted by Gasteiger charge is -2.37. The van der Waals surface area contributed by atoms with Gasteiger partial charge in [-0.05, 0) is 38.7 Å². The predicted octanol–water partition coefficient (Wildman–Crippen LogP) is 5.24. The fourth-order valence-corrected chi connectivity index (χ4v) is 3.83. The van der Waals surface area contributed by atoms with Crippen LogP contribution in [-0.4, -0.2) is 41.6 Å². The van der Waals surface area contributed by atoms with E-state index in [0.717, 1.165) is 41.8 Å². The zero-order valence-electron chi connectivity index (χ0n) is 18.0. The second kappa shape index (κ2) is 11.2. The number of nitrogens with zero attached hydrogens (tertiary/aromatic N) is 3. The van der Waals surface area contributed by atoms with Gasteiger partial charge in [0.25, 0.3) is 0 Å². The van der Waals surface area contributed by atoms with Gasteiger partial charge in [-0.3, -0.25) is 4.79 Å². The maximum absolute atomic E-state index is 12.7. The van der Waals surface area contributed by atoms with Gasteiger partial charge in [-0.25, -0.2) is 9.97 Å². The number of aromatic nitrogens is 2. The smallest absolute Gasteiger partial charge is 0.433 e. The van der Waals surface area contributed by atoms with Gasteiger partial charge in [0, 0.05) is 25.2 Å². The molecule has 0 spiro atoms. The predicted molar refractivity (Wildman–Crippen MR) is 134 cm³/mol. The molecule has 0 radical (unpaired) electrons. The molecule has 7 nitrogen and oxygen atoms in total. The van der Waals surface area contributed by atoms with Crippen LogP contribution in [0.4, 0.5) is 30.4 Å². The Labute approximate surface area is 205 Å². The number of halogens is 3. The van der Waals surface area contributed by atoms with Gasteiger partial charge in [-0.15, -0.1) is 0 Å². The molecule has 0 saturated heterocycles. The standard InChI is InChI=1S/C21H24F3N5O2.2CH4.H2S/c1-11-19-15(29(3)12(2)20(30)28-19)9-17(25-11)26-14-7-13(8-14)10-31-18-6-4-5-16(27-18)21(22,23)24;;;/h4-6,9,12-14H,7-8,10H2,1-3H3,(H,25,26)(H,28,30);2*1H4;1H2/t12-,13?,14?;;;/m0.../s1. The van der Waals surface area contributed by atoms with Crippen molar-refractivity contribution < 1.29 is 22.7 Å². The Balaban J connectivity index is 0.00000193. The molecule has 0 unspecified atom stereocenters. The molecule has 4 rings (SSSR count). The number of anilines is 3. The van der Waals surface area contributed by atoms with Crippen molar-refractivity contribution in [1.82, 2.24) is 9.97 Å². The minimum atomic E-state index is -4.49. The summed E-state index contributed by atoms with van der Waals surface area (Å²) in [5.74, 6) is 0.889. The van der Waals surface area contributed by atoms with Crippen LogP contribution in [-0.2, 0) is 11.0 Å². The van der Waals surface area contributed by atoms with E-state index < -0.39 is 11.9 Å².